The molecular weight excluding hydrogens is 508 g/mol. The number of rotatable bonds is 11. The molecule has 3 aromatic carbocycles. The predicted octanol–water partition coefficient (Wildman–Crippen LogP) is 4.92. The molecular formula is C31H36N4O5. The first kappa shape index (κ1) is 29.9. The molecule has 0 aromatic heterocycles. The maximum Gasteiger partial charge on any atom is 0.329 e. The Hall–Kier alpha value is -4.66. The molecule has 4 N–H and O–H groups in total. The molecule has 0 spiro atoms. The molecule has 0 heterocycles. The highest BCUT2D eigenvalue weighted by Crippen LogP contribution is 2.25. The average Bonchev–Trinajstić information content (AvgIpc) is 2.91. The molecule has 4 amide bonds. The van der Waals surface area contributed by atoms with Gasteiger partial charge in [0.05, 0.1) is 12.1 Å². The molecule has 9 nitrogen and oxygen atoms in total. The van der Waals surface area contributed by atoms with Crippen LogP contribution in [0.4, 0.5) is 21.0 Å². The second kappa shape index (κ2) is 14.5. The molecule has 9 heteroatoms. The lowest BCUT2D eigenvalue weighted by Crippen LogP contribution is -2.46. The number of hydrogen-bond donors (Lipinski definition) is 4. The van der Waals surface area contributed by atoms with Crippen molar-refractivity contribution in [2.45, 2.75) is 58.7 Å². The highest BCUT2D eigenvalue weighted by atomic mass is 16.5. The first-order valence-corrected chi connectivity index (χ1v) is 13.1. The zero-order valence-corrected chi connectivity index (χ0v) is 23.2. The topological polar surface area (TPSA) is 126 Å². The van der Waals surface area contributed by atoms with Crippen molar-refractivity contribution in [3.63, 3.8) is 0 Å². The van der Waals surface area contributed by atoms with Gasteiger partial charge in [-0.25, -0.2) is 14.4 Å². The minimum Gasteiger partial charge on any atom is -0.461 e. The molecule has 0 radical (unpaired) electrons. The number of ether oxygens (including phenoxy) is 1. The fourth-order valence-electron chi connectivity index (χ4n) is 4.12. The Balaban J connectivity index is 1.68. The Labute approximate surface area is 234 Å². The zero-order valence-electron chi connectivity index (χ0n) is 23.2. The van der Waals surface area contributed by atoms with E-state index in [1.165, 1.54) is 0 Å². The van der Waals surface area contributed by atoms with Crippen LogP contribution in [0.1, 0.15) is 36.1 Å². The summed E-state index contributed by atoms with van der Waals surface area (Å²) in [5.74, 6) is -0.533. The molecule has 0 bridgehead atoms. The number of benzene rings is 3. The van der Waals surface area contributed by atoms with Crippen LogP contribution in [0.5, 0.6) is 0 Å². The summed E-state index contributed by atoms with van der Waals surface area (Å²) in [6.07, 6.45) is 0.991. The number of aryl methyl sites for hydroxylation is 2. The van der Waals surface area contributed by atoms with Crippen molar-refractivity contribution < 1.29 is 23.9 Å². The van der Waals surface area contributed by atoms with Crippen molar-refractivity contribution in [3.05, 3.63) is 95.1 Å². The second-order valence-electron chi connectivity index (χ2n) is 9.84. The third-order valence-electron chi connectivity index (χ3n) is 6.07. The van der Waals surface area contributed by atoms with Gasteiger partial charge in [-0.05, 0) is 62.4 Å². The number of amides is 4. The van der Waals surface area contributed by atoms with Gasteiger partial charge in [-0.3, -0.25) is 0 Å². The number of carbonyl (C=O) groups excluding carboxylic acids is 4. The molecule has 0 fully saturated rings. The summed E-state index contributed by atoms with van der Waals surface area (Å²) in [6.45, 7) is 7.14. The molecule has 3 aromatic rings. The van der Waals surface area contributed by atoms with Crippen LogP contribution in [0.2, 0.25) is 0 Å². The smallest absolute Gasteiger partial charge is 0.329 e. The highest BCUT2D eigenvalue weighted by Gasteiger charge is 2.24. The number of hydrogen-bond acceptors (Lipinski definition) is 5. The fourth-order valence-corrected chi connectivity index (χ4v) is 4.12. The van der Waals surface area contributed by atoms with E-state index in [4.69, 9.17) is 4.74 Å². The van der Waals surface area contributed by atoms with Gasteiger partial charge in [0.2, 0.25) is 0 Å². The van der Waals surface area contributed by atoms with Gasteiger partial charge >= 0.3 is 18.0 Å². The number of nitrogens with one attached hydrogen (secondary N) is 4. The number of anilines is 2. The minimum atomic E-state index is -0.899. The van der Waals surface area contributed by atoms with E-state index in [1.54, 1.807) is 19.9 Å². The Morgan fingerprint density at radius 1 is 0.750 bits per heavy atom. The van der Waals surface area contributed by atoms with Crippen molar-refractivity contribution in [1.29, 1.82) is 0 Å². The maximum absolute atomic E-state index is 13.0. The van der Waals surface area contributed by atoms with Crippen molar-refractivity contribution in [2.75, 3.05) is 10.6 Å². The monoisotopic (exact) mass is 544 g/mol. The lowest BCUT2D eigenvalue weighted by Gasteiger charge is -2.21. The molecule has 2 atom stereocenters. The van der Waals surface area contributed by atoms with Gasteiger partial charge in [0.1, 0.15) is 12.3 Å². The van der Waals surface area contributed by atoms with Crippen LogP contribution >= 0.6 is 0 Å². The Morgan fingerprint density at radius 3 is 1.75 bits per heavy atom. The Kier molecular flexibility index (Phi) is 10.8. The largest absolute Gasteiger partial charge is 0.461 e. The first-order chi connectivity index (χ1) is 19.1. The lowest BCUT2D eigenvalue weighted by atomic mass is 10.1. The van der Waals surface area contributed by atoms with Crippen molar-refractivity contribution >= 4 is 35.7 Å². The Bertz CT molecular complexity index is 1310. The fraction of sp³-hybridized carbons (Fsp3) is 0.290. The van der Waals surface area contributed by atoms with Crippen molar-refractivity contribution in [3.8, 4) is 0 Å². The average molecular weight is 545 g/mol. The standard InChI is InChI=1S/C31H36N4O5/c1-20(2)40-29(37)28(17-24-13-9-6-10-14-24)35-31(39)34-27-18-26(21(3)15-22(27)4)33-30(38)32-25(19-36)16-23-11-7-5-8-12-23/h5-15,18-20,25,28H,16-17H2,1-4H3,(H2,32,33,38)(H2,34,35,39)/t25-,28-/m0/s1. The van der Waals surface area contributed by atoms with Gasteiger partial charge in [-0.2, -0.15) is 0 Å². The van der Waals surface area contributed by atoms with Crippen LogP contribution in [0, 0.1) is 13.8 Å². The second-order valence-corrected chi connectivity index (χ2v) is 9.84. The Morgan fingerprint density at radius 2 is 1.25 bits per heavy atom. The molecule has 0 saturated heterocycles. The summed E-state index contributed by atoms with van der Waals surface area (Å²) >= 11 is 0. The maximum atomic E-state index is 13.0. The quantitative estimate of drug-likeness (QED) is 0.201. The zero-order chi connectivity index (χ0) is 29.1. The molecule has 40 heavy (non-hydrogen) atoms. The number of esters is 1. The van der Waals surface area contributed by atoms with E-state index in [2.05, 4.69) is 21.3 Å². The third kappa shape index (κ3) is 9.27. The van der Waals surface area contributed by atoms with E-state index in [9.17, 15) is 19.2 Å². The van der Waals surface area contributed by atoms with Crippen molar-refractivity contribution in [1.82, 2.24) is 10.6 Å². The summed E-state index contributed by atoms with van der Waals surface area (Å²) in [5, 5.41) is 10.9. The van der Waals surface area contributed by atoms with Gasteiger partial charge in [-0.1, -0.05) is 66.7 Å². The number of urea groups is 2. The molecule has 3 rings (SSSR count). The summed E-state index contributed by atoms with van der Waals surface area (Å²) in [6, 6.07) is 19.4. The molecule has 210 valence electrons. The number of carbonyl (C=O) groups is 4. The van der Waals surface area contributed by atoms with E-state index < -0.39 is 30.1 Å². The molecule has 0 aliphatic carbocycles. The highest BCUT2D eigenvalue weighted by molar-refractivity contribution is 5.96. The first-order valence-electron chi connectivity index (χ1n) is 13.1. The molecule has 0 saturated carbocycles. The molecule has 0 unspecified atom stereocenters. The van der Waals surface area contributed by atoms with Crippen LogP contribution in [0.3, 0.4) is 0 Å². The molecule has 0 aliphatic rings. The van der Waals surface area contributed by atoms with Crippen LogP contribution in [-0.4, -0.2) is 42.5 Å². The summed E-state index contributed by atoms with van der Waals surface area (Å²) in [4.78, 5) is 49.9. The predicted molar refractivity (Wildman–Crippen MR) is 155 cm³/mol. The van der Waals surface area contributed by atoms with Gasteiger partial charge in [0.15, 0.2) is 0 Å². The number of aldehydes is 1. The van der Waals surface area contributed by atoms with Crippen LogP contribution in [0.15, 0.2) is 72.8 Å². The van der Waals surface area contributed by atoms with Crippen molar-refractivity contribution in [2.24, 2.45) is 0 Å². The minimum absolute atomic E-state index is 0.264. The molecule has 0 aliphatic heterocycles. The summed E-state index contributed by atoms with van der Waals surface area (Å²) in [7, 11) is 0. The van der Waals surface area contributed by atoms with E-state index >= 15 is 0 Å². The van der Waals surface area contributed by atoms with Gasteiger partial charge in [-0.15, -0.1) is 0 Å². The van der Waals surface area contributed by atoms with E-state index in [0.29, 0.717) is 24.1 Å². The SMILES string of the molecule is Cc1cc(C)c(NC(=O)N[C@@H](Cc2ccccc2)C(=O)OC(C)C)cc1NC(=O)N[C@H](C=O)Cc1ccccc1. The van der Waals surface area contributed by atoms with Crippen LogP contribution in [-0.2, 0) is 27.2 Å². The third-order valence-corrected chi connectivity index (χ3v) is 6.07. The van der Waals surface area contributed by atoms with E-state index in [-0.39, 0.29) is 12.5 Å². The van der Waals surface area contributed by atoms with E-state index in [1.807, 2.05) is 80.6 Å². The normalized spacial score (nSPS) is 12.1. The van der Waals surface area contributed by atoms with E-state index in [0.717, 1.165) is 22.3 Å². The van der Waals surface area contributed by atoms with Gasteiger partial charge < -0.3 is 30.8 Å². The van der Waals surface area contributed by atoms with Crippen LogP contribution in [0.25, 0.3) is 0 Å². The van der Waals surface area contributed by atoms with Crippen LogP contribution < -0.4 is 21.3 Å². The van der Waals surface area contributed by atoms with Gasteiger partial charge in [0, 0.05) is 17.8 Å². The lowest BCUT2D eigenvalue weighted by molar-refractivity contribution is -0.149. The summed E-state index contributed by atoms with van der Waals surface area (Å²) < 4.78 is 5.36. The van der Waals surface area contributed by atoms with Gasteiger partial charge in [0.25, 0.3) is 0 Å². The summed E-state index contributed by atoms with van der Waals surface area (Å²) in [5.41, 5.74) is 4.24.